The number of nitrogens with zero attached hydrogens (tertiary/aromatic N) is 1. The SMILES string of the molecule is CCCCC(CCC)NC1CC(=O)N(CC)C1=O. The van der Waals surface area contributed by atoms with Crippen molar-refractivity contribution in [3.63, 3.8) is 0 Å². The van der Waals surface area contributed by atoms with E-state index in [4.69, 9.17) is 0 Å². The van der Waals surface area contributed by atoms with Crippen molar-refractivity contribution in [1.29, 1.82) is 0 Å². The first-order valence-corrected chi connectivity index (χ1v) is 7.24. The minimum Gasteiger partial charge on any atom is -0.303 e. The van der Waals surface area contributed by atoms with Crippen LogP contribution in [-0.2, 0) is 9.59 Å². The van der Waals surface area contributed by atoms with Gasteiger partial charge in [0.2, 0.25) is 11.8 Å². The molecular formula is C14H26N2O2. The molecule has 4 heteroatoms. The Labute approximate surface area is 110 Å². The molecule has 0 bridgehead atoms. The Bertz CT molecular complexity index is 292. The molecule has 104 valence electrons. The summed E-state index contributed by atoms with van der Waals surface area (Å²) in [7, 11) is 0. The van der Waals surface area contributed by atoms with Gasteiger partial charge in [0, 0.05) is 12.6 Å². The third kappa shape index (κ3) is 3.80. The molecular weight excluding hydrogens is 228 g/mol. The van der Waals surface area contributed by atoms with E-state index in [-0.39, 0.29) is 17.9 Å². The van der Waals surface area contributed by atoms with E-state index >= 15 is 0 Å². The Morgan fingerprint density at radius 1 is 1.22 bits per heavy atom. The number of likely N-dealkylation sites (tertiary alicyclic amines) is 1. The molecule has 2 atom stereocenters. The van der Waals surface area contributed by atoms with Gasteiger partial charge >= 0.3 is 0 Å². The summed E-state index contributed by atoms with van der Waals surface area (Å²) in [4.78, 5) is 25.0. The number of carbonyl (C=O) groups is 2. The van der Waals surface area contributed by atoms with Crippen molar-refractivity contribution in [2.24, 2.45) is 0 Å². The average molecular weight is 254 g/mol. The smallest absolute Gasteiger partial charge is 0.246 e. The molecule has 18 heavy (non-hydrogen) atoms. The minimum atomic E-state index is -0.286. The van der Waals surface area contributed by atoms with Crippen molar-refractivity contribution >= 4 is 11.8 Å². The van der Waals surface area contributed by atoms with Gasteiger partial charge in [-0.3, -0.25) is 14.5 Å². The summed E-state index contributed by atoms with van der Waals surface area (Å²) in [5.74, 6) is -0.0779. The fourth-order valence-electron chi connectivity index (χ4n) is 2.54. The third-order valence-corrected chi connectivity index (χ3v) is 3.54. The van der Waals surface area contributed by atoms with Crippen LogP contribution in [0.15, 0.2) is 0 Å². The van der Waals surface area contributed by atoms with Gasteiger partial charge in [-0.25, -0.2) is 0 Å². The van der Waals surface area contributed by atoms with Crippen LogP contribution in [0.1, 0.15) is 59.3 Å². The predicted octanol–water partition coefficient (Wildman–Crippen LogP) is 2.08. The monoisotopic (exact) mass is 254 g/mol. The zero-order valence-corrected chi connectivity index (χ0v) is 11.9. The summed E-state index contributed by atoms with van der Waals surface area (Å²) in [5.41, 5.74) is 0. The molecule has 0 aliphatic carbocycles. The molecule has 1 N–H and O–H groups in total. The standard InChI is InChI=1S/C14H26N2O2/c1-4-7-9-11(8-5-2)15-12-10-13(17)16(6-3)14(12)18/h11-12,15H,4-10H2,1-3H3. The largest absolute Gasteiger partial charge is 0.303 e. The van der Waals surface area contributed by atoms with Crippen molar-refractivity contribution in [2.75, 3.05) is 6.54 Å². The van der Waals surface area contributed by atoms with Gasteiger partial charge in [0.15, 0.2) is 0 Å². The maximum absolute atomic E-state index is 12.0. The van der Waals surface area contributed by atoms with Crippen LogP contribution >= 0.6 is 0 Å². The van der Waals surface area contributed by atoms with E-state index in [2.05, 4.69) is 19.2 Å². The van der Waals surface area contributed by atoms with Crippen LogP contribution in [0.2, 0.25) is 0 Å². The summed E-state index contributed by atoms with van der Waals surface area (Å²) < 4.78 is 0. The lowest BCUT2D eigenvalue weighted by atomic mass is 10.0. The molecule has 0 radical (unpaired) electrons. The Morgan fingerprint density at radius 2 is 1.94 bits per heavy atom. The second-order valence-corrected chi connectivity index (χ2v) is 5.03. The molecule has 2 amide bonds. The van der Waals surface area contributed by atoms with Gasteiger partial charge in [-0.2, -0.15) is 0 Å². The highest BCUT2D eigenvalue weighted by atomic mass is 16.2. The van der Waals surface area contributed by atoms with E-state index in [1.807, 2.05) is 6.92 Å². The Hall–Kier alpha value is -0.900. The van der Waals surface area contributed by atoms with Gasteiger partial charge in [0.1, 0.15) is 0 Å². The number of nitrogens with one attached hydrogen (secondary N) is 1. The van der Waals surface area contributed by atoms with Crippen molar-refractivity contribution in [3.05, 3.63) is 0 Å². The van der Waals surface area contributed by atoms with Crippen LogP contribution in [0.3, 0.4) is 0 Å². The first kappa shape index (κ1) is 15.2. The summed E-state index contributed by atoms with van der Waals surface area (Å²) in [6, 6.07) is 0.0827. The summed E-state index contributed by atoms with van der Waals surface area (Å²) in [6.07, 6.45) is 5.94. The maximum atomic E-state index is 12.0. The van der Waals surface area contributed by atoms with E-state index in [9.17, 15) is 9.59 Å². The summed E-state index contributed by atoms with van der Waals surface area (Å²) >= 11 is 0. The zero-order valence-electron chi connectivity index (χ0n) is 11.9. The Morgan fingerprint density at radius 3 is 2.44 bits per heavy atom. The van der Waals surface area contributed by atoms with Crippen LogP contribution < -0.4 is 5.32 Å². The molecule has 0 aromatic heterocycles. The van der Waals surface area contributed by atoms with E-state index in [1.54, 1.807) is 0 Å². The van der Waals surface area contributed by atoms with Crippen molar-refractivity contribution < 1.29 is 9.59 Å². The van der Waals surface area contributed by atoms with Gasteiger partial charge in [-0.15, -0.1) is 0 Å². The number of amides is 2. The fraction of sp³-hybridized carbons (Fsp3) is 0.857. The molecule has 0 spiro atoms. The molecule has 0 aromatic carbocycles. The molecule has 1 aliphatic heterocycles. The van der Waals surface area contributed by atoms with Crippen molar-refractivity contribution in [2.45, 2.75) is 71.4 Å². The van der Waals surface area contributed by atoms with E-state index in [0.717, 1.165) is 19.3 Å². The minimum absolute atomic E-state index is 0.0364. The number of carbonyl (C=O) groups excluding carboxylic acids is 2. The highest BCUT2D eigenvalue weighted by Crippen LogP contribution is 2.16. The number of hydrogen-bond donors (Lipinski definition) is 1. The van der Waals surface area contributed by atoms with E-state index in [0.29, 0.717) is 19.0 Å². The lowest BCUT2D eigenvalue weighted by Crippen LogP contribution is -2.43. The molecule has 1 heterocycles. The predicted molar refractivity (Wildman–Crippen MR) is 72.2 cm³/mol. The average Bonchev–Trinajstić information content (AvgIpc) is 2.61. The molecule has 0 saturated carbocycles. The fourth-order valence-corrected chi connectivity index (χ4v) is 2.54. The highest BCUT2D eigenvalue weighted by molar-refractivity contribution is 6.05. The molecule has 0 aromatic rings. The molecule has 1 aliphatic rings. The molecule has 2 unspecified atom stereocenters. The molecule has 1 fully saturated rings. The van der Waals surface area contributed by atoms with Gasteiger partial charge in [0.25, 0.3) is 0 Å². The van der Waals surface area contributed by atoms with Crippen molar-refractivity contribution in [1.82, 2.24) is 10.2 Å². The maximum Gasteiger partial charge on any atom is 0.246 e. The van der Waals surface area contributed by atoms with Crippen molar-refractivity contribution in [3.8, 4) is 0 Å². The Balaban J connectivity index is 2.53. The first-order chi connectivity index (χ1) is 8.63. The number of rotatable bonds is 8. The number of hydrogen-bond acceptors (Lipinski definition) is 3. The molecule has 4 nitrogen and oxygen atoms in total. The first-order valence-electron chi connectivity index (χ1n) is 7.24. The quantitative estimate of drug-likeness (QED) is 0.675. The zero-order chi connectivity index (χ0) is 13.5. The summed E-state index contributed by atoms with van der Waals surface area (Å²) in [6.45, 7) is 6.66. The topological polar surface area (TPSA) is 49.4 Å². The summed E-state index contributed by atoms with van der Waals surface area (Å²) in [5, 5.41) is 3.38. The normalized spacial score (nSPS) is 21.7. The van der Waals surface area contributed by atoms with Crippen LogP contribution in [0.5, 0.6) is 0 Å². The second-order valence-electron chi connectivity index (χ2n) is 5.03. The van der Waals surface area contributed by atoms with Crippen LogP contribution in [0, 0.1) is 0 Å². The number of likely N-dealkylation sites (N-methyl/N-ethyl adjacent to an activating group) is 1. The Kier molecular flexibility index (Phi) is 6.33. The second kappa shape index (κ2) is 7.52. The molecule has 1 rings (SSSR count). The third-order valence-electron chi connectivity index (χ3n) is 3.54. The van der Waals surface area contributed by atoms with E-state index in [1.165, 1.54) is 17.7 Å². The van der Waals surface area contributed by atoms with E-state index < -0.39 is 0 Å². The van der Waals surface area contributed by atoms with Crippen LogP contribution in [-0.4, -0.2) is 35.3 Å². The highest BCUT2D eigenvalue weighted by Gasteiger charge is 2.38. The lowest BCUT2D eigenvalue weighted by Gasteiger charge is -2.21. The van der Waals surface area contributed by atoms with Gasteiger partial charge in [-0.1, -0.05) is 33.1 Å². The number of imide groups is 1. The van der Waals surface area contributed by atoms with Crippen LogP contribution in [0.4, 0.5) is 0 Å². The molecule has 1 saturated heterocycles. The van der Waals surface area contributed by atoms with Gasteiger partial charge in [0.05, 0.1) is 12.5 Å². The van der Waals surface area contributed by atoms with Gasteiger partial charge < -0.3 is 5.32 Å². The number of unbranched alkanes of at least 4 members (excludes halogenated alkanes) is 1. The lowest BCUT2D eigenvalue weighted by molar-refractivity contribution is -0.138. The van der Waals surface area contributed by atoms with Gasteiger partial charge in [-0.05, 0) is 19.8 Å². The van der Waals surface area contributed by atoms with Crippen LogP contribution in [0.25, 0.3) is 0 Å².